The van der Waals surface area contributed by atoms with Crippen molar-refractivity contribution >= 4 is 33.8 Å². The lowest BCUT2D eigenvalue weighted by Crippen LogP contribution is -2.51. The molecule has 4 aromatic rings. The number of aryl methyl sites for hydroxylation is 2. The Bertz CT molecular complexity index is 1460. The molecule has 3 aromatic heterocycles. The minimum Gasteiger partial charge on any atom is -0.393 e. The number of fused-ring (bicyclic) bond motifs is 2. The minimum atomic E-state index is -0.493. The summed E-state index contributed by atoms with van der Waals surface area (Å²) in [6.07, 6.45) is 9.00. The van der Waals surface area contributed by atoms with Gasteiger partial charge in [0.2, 0.25) is 0 Å². The van der Waals surface area contributed by atoms with Crippen LogP contribution in [-0.2, 0) is 6.54 Å². The fourth-order valence-electron chi connectivity index (χ4n) is 5.55. The molecular formula is C27H32FN7O2. The van der Waals surface area contributed by atoms with E-state index in [-0.39, 0.29) is 17.7 Å². The highest BCUT2D eigenvalue weighted by atomic mass is 19.1. The summed E-state index contributed by atoms with van der Waals surface area (Å²) in [5.74, 6) is -0.827. The van der Waals surface area contributed by atoms with E-state index in [1.165, 1.54) is 6.07 Å². The summed E-state index contributed by atoms with van der Waals surface area (Å²) in [5.41, 5.74) is 3.45. The molecule has 37 heavy (non-hydrogen) atoms. The van der Waals surface area contributed by atoms with E-state index in [2.05, 4.69) is 20.5 Å². The number of imidazole rings is 1. The molecule has 1 aliphatic carbocycles. The van der Waals surface area contributed by atoms with Gasteiger partial charge in [-0.2, -0.15) is 5.10 Å². The molecule has 1 aromatic carbocycles. The van der Waals surface area contributed by atoms with Gasteiger partial charge >= 0.3 is 0 Å². The quantitative estimate of drug-likeness (QED) is 0.371. The number of aliphatic hydroxyl groups is 1. The maximum Gasteiger partial charge on any atom is 0.257 e. The third-order valence-corrected chi connectivity index (χ3v) is 7.57. The van der Waals surface area contributed by atoms with E-state index < -0.39 is 5.82 Å². The SMILES string of the molecule is CCn1cc2c(N3CCC(N[C@H]4C[C@@H](O)C4)CC3)ccc(C(=O)Nc3cc(F)c4nc(C)cn4c3)c2n1. The zero-order valence-corrected chi connectivity index (χ0v) is 21.1. The van der Waals surface area contributed by atoms with Crippen molar-refractivity contribution in [3.63, 3.8) is 0 Å². The van der Waals surface area contributed by atoms with Crippen LogP contribution in [0.5, 0.6) is 0 Å². The standard InChI is InChI=1S/C27H32FN7O2/c1-3-35-15-22-24(33-8-6-17(7-9-33)30-18-10-20(36)11-18)5-4-21(25(22)32-35)27(37)31-19-12-23(28)26-29-16(2)13-34(26)14-19/h4-5,12-15,17-18,20,30,36H,3,6-11H2,1-2H3,(H,31,37)/t18-,20+. The molecule has 9 nitrogen and oxygen atoms in total. The van der Waals surface area contributed by atoms with Crippen LogP contribution in [0.4, 0.5) is 15.8 Å². The number of aliphatic hydroxyl groups excluding tert-OH is 1. The number of aromatic nitrogens is 4. The second kappa shape index (κ2) is 9.42. The van der Waals surface area contributed by atoms with Crippen LogP contribution in [0.15, 0.2) is 36.8 Å². The van der Waals surface area contributed by atoms with Crippen molar-refractivity contribution in [2.24, 2.45) is 0 Å². The molecule has 0 radical (unpaired) electrons. The number of nitrogens with one attached hydrogen (secondary N) is 2. The monoisotopic (exact) mass is 505 g/mol. The summed E-state index contributed by atoms with van der Waals surface area (Å²) in [6.45, 7) is 6.33. The Balaban J connectivity index is 1.23. The molecule has 1 amide bonds. The van der Waals surface area contributed by atoms with Crippen molar-refractivity contribution in [2.75, 3.05) is 23.3 Å². The van der Waals surface area contributed by atoms with Gasteiger partial charge in [0.25, 0.3) is 5.91 Å². The third-order valence-electron chi connectivity index (χ3n) is 7.57. The lowest BCUT2D eigenvalue weighted by molar-refractivity contribution is 0.0562. The van der Waals surface area contributed by atoms with Crippen LogP contribution in [0.2, 0.25) is 0 Å². The van der Waals surface area contributed by atoms with Crippen LogP contribution >= 0.6 is 0 Å². The molecule has 0 atom stereocenters. The number of carbonyl (C=O) groups is 1. The van der Waals surface area contributed by atoms with E-state index in [1.807, 2.05) is 29.9 Å². The number of pyridine rings is 1. The first-order valence-corrected chi connectivity index (χ1v) is 13.0. The van der Waals surface area contributed by atoms with Gasteiger partial charge in [-0.1, -0.05) is 0 Å². The predicted octanol–water partition coefficient (Wildman–Crippen LogP) is 3.49. The summed E-state index contributed by atoms with van der Waals surface area (Å²) >= 11 is 0. The zero-order valence-electron chi connectivity index (χ0n) is 21.1. The Morgan fingerprint density at radius 3 is 2.68 bits per heavy atom. The number of hydrogen-bond acceptors (Lipinski definition) is 6. The van der Waals surface area contributed by atoms with E-state index in [4.69, 9.17) is 5.10 Å². The van der Waals surface area contributed by atoms with Gasteiger partial charge in [-0.3, -0.25) is 9.48 Å². The van der Waals surface area contributed by atoms with Crippen molar-refractivity contribution in [3.05, 3.63) is 53.9 Å². The molecule has 2 aliphatic rings. The van der Waals surface area contributed by atoms with Crippen LogP contribution in [0.3, 0.4) is 0 Å². The molecule has 1 aliphatic heterocycles. The van der Waals surface area contributed by atoms with E-state index in [0.717, 1.165) is 49.8 Å². The minimum absolute atomic E-state index is 0.145. The fourth-order valence-corrected chi connectivity index (χ4v) is 5.55. The smallest absolute Gasteiger partial charge is 0.257 e. The Kier molecular flexibility index (Phi) is 6.08. The number of piperidine rings is 1. The van der Waals surface area contributed by atoms with Gasteiger partial charge in [0.1, 0.15) is 5.52 Å². The number of nitrogens with zero attached hydrogens (tertiary/aromatic N) is 5. The second-order valence-corrected chi connectivity index (χ2v) is 10.3. The van der Waals surface area contributed by atoms with Gasteiger partial charge in [-0.15, -0.1) is 0 Å². The van der Waals surface area contributed by atoms with Gasteiger partial charge < -0.3 is 25.0 Å². The zero-order chi connectivity index (χ0) is 25.7. The molecule has 1 saturated heterocycles. The van der Waals surface area contributed by atoms with Gasteiger partial charge in [0.05, 0.1) is 23.0 Å². The van der Waals surface area contributed by atoms with Crippen molar-refractivity contribution in [2.45, 2.75) is 64.3 Å². The normalized spacial score (nSPS) is 20.5. The topological polar surface area (TPSA) is 99.7 Å². The first-order chi connectivity index (χ1) is 17.9. The van der Waals surface area contributed by atoms with Crippen molar-refractivity contribution in [3.8, 4) is 0 Å². The van der Waals surface area contributed by atoms with E-state index in [0.29, 0.717) is 41.1 Å². The van der Waals surface area contributed by atoms with E-state index >= 15 is 0 Å². The van der Waals surface area contributed by atoms with E-state index in [1.54, 1.807) is 23.7 Å². The van der Waals surface area contributed by atoms with Crippen LogP contribution in [-0.4, -0.2) is 61.5 Å². The maximum absolute atomic E-state index is 14.5. The number of anilines is 2. The van der Waals surface area contributed by atoms with Crippen LogP contribution in [0.25, 0.3) is 16.6 Å². The van der Waals surface area contributed by atoms with Crippen LogP contribution in [0.1, 0.15) is 48.7 Å². The Labute approximate surface area is 214 Å². The summed E-state index contributed by atoms with van der Waals surface area (Å²) in [6, 6.07) is 6.00. The summed E-state index contributed by atoms with van der Waals surface area (Å²) in [7, 11) is 0. The highest BCUT2D eigenvalue weighted by molar-refractivity contribution is 6.13. The highest BCUT2D eigenvalue weighted by Gasteiger charge is 2.31. The second-order valence-electron chi connectivity index (χ2n) is 10.3. The van der Waals surface area contributed by atoms with Crippen LogP contribution < -0.4 is 15.5 Å². The number of carbonyl (C=O) groups excluding carboxylic acids is 1. The Morgan fingerprint density at radius 1 is 1.16 bits per heavy atom. The maximum atomic E-state index is 14.5. The molecule has 10 heteroatoms. The number of halogens is 1. The van der Waals surface area contributed by atoms with Gasteiger partial charge in [0, 0.05) is 67.4 Å². The van der Waals surface area contributed by atoms with Crippen molar-refractivity contribution in [1.82, 2.24) is 24.5 Å². The number of benzene rings is 1. The molecule has 3 N–H and O–H groups in total. The predicted molar refractivity (Wildman–Crippen MR) is 141 cm³/mol. The largest absolute Gasteiger partial charge is 0.393 e. The molecular weight excluding hydrogens is 473 g/mol. The molecule has 194 valence electrons. The highest BCUT2D eigenvalue weighted by Crippen LogP contribution is 2.32. The summed E-state index contributed by atoms with van der Waals surface area (Å²) < 4.78 is 18.0. The first-order valence-electron chi connectivity index (χ1n) is 13.0. The summed E-state index contributed by atoms with van der Waals surface area (Å²) in [5, 5.41) is 21.7. The lowest BCUT2D eigenvalue weighted by atomic mass is 9.88. The van der Waals surface area contributed by atoms with Gasteiger partial charge in [-0.25, -0.2) is 9.37 Å². The number of amides is 1. The Morgan fingerprint density at radius 2 is 1.95 bits per heavy atom. The first kappa shape index (κ1) is 23.9. The fraction of sp³-hybridized carbons (Fsp3) is 0.444. The average molecular weight is 506 g/mol. The van der Waals surface area contributed by atoms with Crippen molar-refractivity contribution < 1.29 is 14.3 Å². The molecule has 1 saturated carbocycles. The summed E-state index contributed by atoms with van der Waals surface area (Å²) in [4.78, 5) is 19.9. The number of rotatable bonds is 6. The molecule has 6 rings (SSSR count). The molecule has 2 fully saturated rings. The third kappa shape index (κ3) is 4.55. The van der Waals surface area contributed by atoms with Crippen LogP contribution in [0, 0.1) is 12.7 Å². The molecule has 0 spiro atoms. The average Bonchev–Trinajstić information content (AvgIpc) is 3.46. The van der Waals surface area contributed by atoms with Gasteiger partial charge in [-0.05, 0) is 51.7 Å². The lowest BCUT2D eigenvalue weighted by Gasteiger charge is -2.39. The van der Waals surface area contributed by atoms with Gasteiger partial charge in [0.15, 0.2) is 11.5 Å². The number of hydrogen-bond donors (Lipinski definition) is 3. The Hall–Kier alpha value is -3.50. The van der Waals surface area contributed by atoms with E-state index in [9.17, 15) is 14.3 Å². The van der Waals surface area contributed by atoms with Crippen molar-refractivity contribution in [1.29, 1.82) is 0 Å². The molecule has 0 unspecified atom stereocenters. The molecule has 4 heterocycles. The molecule has 0 bridgehead atoms.